The lowest BCUT2D eigenvalue weighted by Crippen LogP contribution is -2.22. The zero-order valence-electron chi connectivity index (χ0n) is 19.0. The molecule has 0 aliphatic carbocycles. The van der Waals surface area contributed by atoms with Crippen LogP contribution in [0.5, 0.6) is 0 Å². The van der Waals surface area contributed by atoms with Crippen molar-refractivity contribution in [1.29, 1.82) is 0 Å². The van der Waals surface area contributed by atoms with Gasteiger partial charge in [-0.15, -0.1) is 10.2 Å². The fourth-order valence-electron chi connectivity index (χ4n) is 4.14. The van der Waals surface area contributed by atoms with Crippen molar-refractivity contribution >= 4 is 28.4 Å². The monoisotopic (exact) mass is 480 g/mol. The second-order valence-electron chi connectivity index (χ2n) is 8.23. The Kier molecular flexibility index (Phi) is 5.18. The van der Waals surface area contributed by atoms with Gasteiger partial charge in [0.1, 0.15) is 0 Å². The molecule has 3 aromatic carbocycles. The molecule has 0 saturated heterocycles. The predicted molar refractivity (Wildman–Crippen MR) is 135 cm³/mol. The van der Waals surface area contributed by atoms with Crippen molar-refractivity contribution in [1.82, 2.24) is 29.3 Å². The smallest absolute Gasteiger partial charge is 0.267 e. The van der Waals surface area contributed by atoms with Crippen LogP contribution in [0.25, 0.3) is 33.8 Å². The summed E-state index contributed by atoms with van der Waals surface area (Å²) in [6, 6.07) is 23.2. The molecule has 35 heavy (non-hydrogen) atoms. The lowest BCUT2D eigenvalue weighted by molar-refractivity contribution is 0.391. The highest BCUT2D eigenvalue weighted by molar-refractivity contribution is 7.98. The summed E-state index contributed by atoms with van der Waals surface area (Å²) in [7, 11) is 0. The van der Waals surface area contributed by atoms with E-state index in [0.717, 1.165) is 27.9 Å². The van der Waals surface area contributed by atoms with Gasteiger partial charge < -0.3 is 4.52 Å². The van der Waals surface area contributed by atoms with Gasteiger partial charge in [-0.1, -0.05) is 71.0 Å². The normalized spacial score (nSPS) is 11.5. The molecule has 0 radical (unpaired) electrons. The molecule has 3 aromatic heterocycles. The molecule has 0 aliphatic heterocycles. The lowest BCUT2D eigenvalue weighted by Gasteiger charge is -2.13. The largest absolute Gasteiger partial charge is 0.338 e. The zero-order valence-corrected chi connectivity index (χ0v) is 19.9. The van der Waals surface area contributed by atoms with Crippen LogP contribution < -0.4 is 5.56 Å². The predicted octanol–water partition coefficient (Wildman–Crippen LogP) is 4.99. The van der Waals surface area contributed by atoms with Crippen LogP contribution in [-0.4, -0.2) is 29.3 Å². The molecular weight excluding hydrogens is 460 g/mol. The van der Waals surface area contributed by atoms with Crippen LogP contribution in [0.3, 0.4) is 0 Å². The first-order valence-electron chi connectivity index (χ1n) is 11.1. The van der Waals surface area contributed by atoms with Crippen LogP contribution in [0, 0.1) is 13.8 Å². The van der Waals surface area contributed by atoms with E-state index in [1.54, 1.807) is 4.57 Å². The van der Waals surface area contributed by atoms with Crippen molar-refractivity contribution in [2.24, 2.45) is 0 Å². The van der Waals surface area contributed by atoms with Gasteiger partial charge in [-0.2, -0.15) is 4.98 Å². The minimum atomic E-state index is -0.133. The Bertz CT molecular complexity index is 1770. The summed E-state index contributed by atoms with van der Waals surface area (Å²) in [5.41, 5.74) is 4.40. The van der Waals surface area contributed by atoms with E-state index in [1.807, 2.05) is 91.0 Å². The van der Waals surface area contributed by atoms with Crippen LogP contribution in [0.1, 0.15) is 17.0 Å². The number of fused-ring (bicyclic) bond motifs is 3. The number of rotatable bonds is 5. The Labute approximate surface area is 204 Å². The number of aromatic nitrogens is 6. The number of benzene rings is 3. The summed E-state index contributed by atoms with van der Waals surface area (Å²) >= 11 is 1.43. The number of nitrogens with zero attached hydrogens (tertiary/aromatic N) is 6. The number of aryl methyl sites for hydroxylation is 2. The molecule has 0 N–H and O–H groups in total. The molecule has 0 amide bonds. The van der Waals surface area contributed by atoms with E-state index in [1.165, 1.54) is 11.8 Å². The van der Waals surface area contributed by atoms with E-state index in [2.05, 4.69) is 20.3 Å². The topological polar surface area (TPSA) is 91.1 Å². The third-order valence-corrected chi connectivity index (χ3v) is 6.73. The van der Waals surface area contributed by atoms with Crippen LogP contribution in [0.15, 0.2) is 87.3 Å². The number of hydrogen-bond acceptors (Lipinski definition) is 7. The Balaban J connectivity index is 1.43. The van der Waals surface area contributed by atoms with E-state index in [9.17, 15) is 4.79 Å². The standard InChI is InChI=1S/C26H20N6O2S/c1-16-8-7-10-18(14-16)23-27-22(34-30-23)15-35-26-29-28-25-31(20-12-5-3-9-17(20)2)24(33)19-11-4-6-13-21(19)32(25)26/h3-14H,15H2,1-2H3. The highest BCUT2D eigenvalue weighted by Crippen LogP contribution is 2.27. The van der Waals surface area contributed by atoms with Gasteiger partial charge in [-0.05, 0) is 43.7 Å². The fraction of sp³-hybridized carbons (Fsp3) is 0.115. The molecule has 3 heterocycles. The lowest BCUT2D eigenvalue weighted by atomic mass is 10.1. The van der Waals surface area contributed by atoms with Crippen LogP contribution >= 0.6 is 11.8 Å². The van der Waals surface area contributed by atoms with Crippen LogP contribution in [0.4, 0.5) is 0 Å². The maximum Gasteiger partial charge on any atom is 0.267 e. The Hall–Kier alpha value is -4.24. The van der Waals surface area contributed by atoms with Gasteiger partial charge in [0, 0.05) is 5.56 Å². The average molecular weight is 481 g/mol. The Morgan fingerprint density at radius 2 is 1.77 bits per heavy atom. The SMILES string of the molecule is Cc1cccc(-c2noc(CSc3nnc4n(-c5ccccc5C)c(=O)c5ccccc5n34)n2)c1. The van der Waals surface area contributed by atoms with E-state index in [4.69, 9.17) is 4.52 Å². The second-order valence-corrected chi connectivity index (χ2v) is 9.17. The van der Waals surface area contributed by atoms with E-state index < -0.39 is 0 Å². The maximum atomic E-state index is 13.5. The molecule has 6 aromatic rings. The number of para-hydroxylation sites is 2. The highest BCUT2D eigenvalue weighted by Gasteiger charge is 2.19. The first-order chi connectivity index (χ1) is 17.1. The van der Waals surface area contributed by atoms with Crippen molar-refractivity contribution in [3.8, 4) is 17.1 Å². The van der Waals surface area contributed by atoms with E-state index in [0.29, 0.717) is 33.8 Å². The maximum absolute atomic E-state index is 13.5. The minimum absolute atomic E-state index is 0.133. The Morgan fingerprint density at radius 3 is 2.63 bits per heavy atom. The molecular formula is C26H20N6O2S. The zero-order chi connectivity index (χ0) is 23.9. The third-order valence-electron chi connectivity index (χ3n) is 5.82. The van der Waals surface area contributed by atoms with Gasteiger partial charge in [0.15, 0.2) is 5.16 Å². The molecule has 6 rings (SSSR count). The summed E-state index contributed by atoms with van der Waals surface area (Å²) in [6.45, 7) is 4.00. The summed E-state index contributed by atoms with van der Waals surface area (Å²) in [4.78, 5) is 18.0. The number of hydrogen-bond donors (Lipinski definition) is 0. The van der Waals surface area contributed by atoms with Crippen molar-refractivity contribution in [2.75, 3.05) is 0 Å². The minimum Gasteiger partial charge on any atom is -0.338 e. The molecule has 0 unspecified atom stereocenters. The molecule has 0 fully saturated rings. The van der Waals surface area contributed by atoms with Gasteiger partial charge >= 0.3 is 0 Å². The first-order valence-corrected chi connectivity index (χ1v) is 12.1. The van der Waals surface area contributed by atoms with Crippen molar-refractivity contribution in [3.63, 3.8) is 0 Å². The van der Waals surface area contributed by atoms with Crippen molar-refractivity contribution < 1.29 is 4.52 Å². The molecule has 0 bridgehead atoms. The van der Waals surface area contributed by atoms with Crippen LogP contribution in [0.2, 0.25) is 0 Å². The summed E-state index contributed by atoms with van der Waals surface area (Å²) in [5.74, 6) is 1.91. The summed E-state index contributed by atoms with van der Waals surface area (Å²) in [6.07, 6.45) is 0. The highest BCUT2D eigenvalue weighted by atomic mass is 32.2. The average Bonchev–Trinajstić information content (AvgIpc) is 3.51. The molecule has 0 aliphatic rings. The van der Waals surface area contributed by atoms with Crippen molar-refractivity contribution in [2.45, 2.75) is 24.8 Å². The summed E-state index contributed by atoms with van der Waals surface area (Å²) in [5, 5.41) is 14.2. The van der Waals surface area contributed by atoms with Gasteiger partial charge in [-0.3, -0.25) is 9.20 Å². The van der Waals surface area contributed by atoms with Crippen molar-refractivity contribution in [3.05, 3.63) is 100 Å². The van der Waals surface area contributed by atoms with Gasteiger partial charge in [0.05, 0.1) is 22.3 Å². The van der Waals surface area contributed by atoms with Gasteiger partial charge in [0.25, 0.3) is 5.56 Å². The number of thioether (sulfide) groups is 1. The molecule has 172 valence electrons. The van der Waals surface area contributed by atoms with Crippen LogP contribution in [-0.2, 0) is 5.75 Å². The van der Waals surface area contributed by atoms with Gasteiger partial charge in [0.2, 0.25) is 17.5 Å². The summed E-state index contributed by atoms with van der Waals surface area (Å²) < 4.78 is 9.02. The quantitative estimate of drug-likeness (QED) is 0.321. The fourth-order valence-corrected chi connectivity index (χ4v) is 4.92. The van der Waals surface area contributed by atoms with E-state index in [-0.39, 0.29) is 5.56 Å². The molecule has 8 nitrogen and oxygen atoms in total. The second kappa shape index (κ2) is 8.52. The molecule has 9 heteroatoms. The first kappa shape index (κ1) is 21.3. The molecule has 0 spiro atoms. The van der Waals surface area contributed by atoms with E-state index >= 15 is 0 Å². The molecule has 0 saturated carbocycles. The van der Waals surface area contributed by atoms with Gasteiger partial charge in [-0.25, -0.2) is 4.57 Å². The third kappa shape index (κ3) is 3.70. The molecule has 0 atom stereocenters. The Morgan fingerprint density at radius 1 is 0.943 bits per heavy atom.